The maximum atomic E-state index is 13.0. The van der Waals surface area contributed by atoms with Crippen molar-refractivity contribution in [2.75, 3.05) is 30.9 Å². The summed E-state index contributed by atoms with van der Waals surface area (Å²) in [5.74, 6) is -3.33. The number of ketones is 1. The number of aromatic nitrogens is 6. The van der Waals surface area contributed by atoms with Gasteiger partial charge in [-0.2, -0.15) is 33.2 Å². The van der Waals surface area contributed by atoms with Crippen LogP contribution in [-0.4, -0.2) is 85.8 Å². The largest absolute Gasteiger partial charge is 0.467 e. The van der Waals surface area contributed by atoms with E-state index in [4.69, 9.17) is 21.1 Å². The molecule has 1 atom stereocenters. The van der Waals surface area contributed by atoms with Crippen molar-refractivity contribution >= 4 is 52.8 Å². The predicted molar refractivity (Wildman–Crippen MR) is 178 cm³/mol. The molecule has 0 saturated heterocycles. The van der Waals surface area contributed by atoms with Gasteiger partial charge < -0.3 is 30.7 Å². The van der Waals surface area contributed by atoms with Gasteiger partial charge in [0.2, 0.25) is 17.7 Å². The number of carbonyl (C=O) groups excluding carboxylic acids is 4. The molecule has 0 bridgehead atoms. The van der Waals surface area contributed by atoms with E-state index in [1.165, 1.54) is 41.6 Å². The number of hydrogen-bond acceptors (Lipinski definition) is 13. The zero-order chi connectivity index (χ0) is 37.3. The van der Waals surface area contributed by atoms with Crippen LogP contribution in [0.3, 0.4) is 0 Å². The maximum Gasteiger partial charge on any atom is 0.422 e. The van der Waals surface area contributed by atoms with E-state index in [1.54, 1.807) is 12.1 Å². The van der Waals surface area contributed by atoms with E-state index in [-0.39, 0.29) is 36.8 Å². The third kappa shape index (κ3) is 10.6. The third-order valence-corrected chi connectivity index (χ3v) is 7.93. The minimum absolute atomic E-state index is 0.0327. The van der Waals surface area contributed by atoms with Crippen molar-refractivity contribution in [2.24, 2.45) is 0 Å². The van der Waals surface area contributed by atoms with Gasteiger partial charge in [0.05, 0.1) is 19.2 Å². The molecule has 4 N–H and O–H groups in total. The standard InChI is InChI=1S/C32H32ClF3N10O6/c1-51-27(50)23(10-11-24(47)26(49)38-14-15-46-18-37-17-39-46)41-25(48)19-2-8-22(9-3-19)40-28-42-29(44-30(43-28)52-16-32(34,35)36)45-31(12-13-31)20-4-6-21(33)7-5-20/h2-9,17-18,23H,10-16H2,1H3,(H,38,49)(H,41,48)(H2,40,42,43,44,45)/t23-/m0/s1. The van der Waals surface area contributed by atoms with Crippen LogP contribution in [0.15, 0.2) is 61.2 Å². The highest BCUT2D eigenvalue weighted by Crippen LogP contribution is 2.48. The Hall–Kier alpha value is -5.85. The smallest absolute Gasteiger partial charge is 0.422 e. The monoisotopic (exact) mass is 744 g/mol. The molecule has 52 heavy (non-hydrogen) atoms. The van der Waals surface area contributed by atoms with E-state index in [2.05, 4.69) is 46.3 Å². The molecule has 0 aliphatic heterocycles. The number of hydrogen-bond donors (Lipinski definition) is 4. The van der Waals surface area contributed by atoms with Gasteiger partial charge in [-0.25, -0.2) is 9.78 Å². The van der Waals surface area contributed by atoms with Gasteiger partial charge in [-0.05, 0) is 61.2 Å². The normalized spacial score (nSPS) is 13.7. The quantitative estimate of drug-likeness (QED) is 0.0906. The number of halogens is 4. The number of rotatable bonds is 17. The number of esters is 1. The van der Waals surface area contributed by atoms with Crippen LogP contribution in [-0.2, 0) is 31.2 Å². The number of nitrogens with zero attached hydrogens (tertiary/aromatic N) is 6. The van der Waals surface area contributed by atoms with Gasteiger partial charge in [-0.1, -0.05) is 23.7 Å². The number of carbonyl (C=O) groups is 4. The lowest BCUT2D eigenvalue weighted by Crippen LogP contribution is -2.42. The second-order valence-electron chi connectivity index (χ2n) is 11.5. The molecule has 1 fully saturated rings. The fourth-order valence-electron chi connectivity index (χ4n) is 4.86. The molecule has 2 heterocycles. The summed E-state index contributed by atoms with van der Waals surface area (Å²) in [5, 5.41) is 15.4. The van der Waals surface area contributed by atoms with Crippen LogP contribution in [0.4, 0.5) is 30.8 Å². The van der Waals surface area contributed by atoms with Gasteiger partial charge >= 0.3 is 18.2 Å². The van der Waals surface area contributed by atoms with E-state index in [0.717, 1.165) is 12.7 Å². The number of alkyl halides is 3. The summed E-state index contributed by atoms with van der Waals surface area (Å²) in [7, 11) is 1.12. The number of ether oxygens (including phenoxy) is 2. The van der Waals surface area contributed by atoms with Gasteiger partial charge in [0.25, 0.3) is 11.8 Å². The second-order valence-corrected chi connectivity index (χ2v) is 11.9. The Balaban J connectivity index is 1.21. The third-order valence-electron chi connectivity index (χ3n) is 7.68. The van der Waals surface area contributed by atoms with Gasteiger partial charge in [0.15, 0.2) is 6.61 Å². The minimum Gasteiger partial charge on any atom is -0.467 e. The van der Waals surface area contributed by atoms with Crippen LogP contribution >= 0.6 is 11.6 Å². The first-order chi connectivity index (χ1) is 24.8. The molecule has 20 heteroatoms. The first kappa shape index (κ1) is 37.4. The van der Waals surface area contributed by atoms with Gasteiger partial charge in [0, 0.05) is 29.2 Å². The maximum absolute atomic E-state index is 13.0. The molecule has 1 aliphatic rings. The van der Waals surface area contributed by atoms with Crippen LogP contribution in [0.25, 0.3) is 0 Å². The zero-order valence-corrected chi connectivity index (χ0v) is 28.2. The molecule has 2 aromatic heterocycles. The lowest BCUT2D eigenvalue weighted by molar-refractivity contribution is -0.154. The molecule has 2 amide bonds. The molecule has 16 nitrogen and oxygen atoms in total. The summed E-state index contributed by atoms with van der Waals surface area (Å²) in [5.41, 5.74) is 0.794. The number of nitrogens with one attached hydrogen (secondary N) is 4. The van der Waals surface area contributed by atoms with Crippen LogP contribution in [0.1, 0.15) is 41.6 Å². The number of methoxy groups -OCH3 is 1. The fourth-order valence-corrected chi connectivity index (χ4v) is 4.99. The molecular formula is C32H32ClF3N10O6. The fraction of sp³-hybridized carbons (Fsp3) is 0.344. The Labute approximate surface area is 298 Å². The van der Waals surface area contributed by atoms with Crippen LogP contribution in [0.5, 0.6) is 6.01 Å². The summed E-state index contributed by atoms with van der Waals surface area (Å²) in [4.78, 5) is 66.0. The summed E-state index contributed by atoms with van der Waals surface area (Å²) in [6, 6.07) is 11.1. The summed E-state index contributed by atoms with van der Waals surface area (Å²) in [6.45, 7) is -1.20. The van der Waals surface area contributed by atoms with E-state index in [1.807, 2.05) is 12.1 Å². The lowest BCUT2D eigenvalue weighted by Gasteiger charge is -2.19. The number of Topliss-reactive ketones (excluding diaryl/α,β-unsaturated/α-hetero) is 1. The number of anilines is 3. The first-order valence-electron chi connectivity index (χ1n) is 15.7. The van der Waals surface area contributed by atoms with Crippen molar-refractivity contribution in [1.29, 1.82) is 0 Å². The highest BCUT2D eigenvalue weighted by molar-refractivity contribution is 6.36. The van der Waals surface area contributed by atoms with Gasteiger partial charge in [0.1, 0.15) is 18.7 Å². The number of benzene rings is 2. The molecule has 0 spiro atoms. The molecular weight excluding hydrogens is 713 g/mol. The Kier molecular flexibility index (Phi) is 11.8. The summed E-state index contributed by atoms with van der Waals surface area (Å²) < 4.78 is 49.8. The van der Waals surface area contributed by atoms with Crippen molar-refractivity contribution < 1.29 is 41.8 Å². The lowest BCUT2D eigenvalue weighted by atomic mass is 10.1. The molecule has 0 unspecified atom stereocenters. The van der Waals surface area contributed by atoms with E-state index in [0.29, 0.717) is 30.1 Å². The predicted octanol–water partition coefficient (Wildman–Crippen LogP) is 3.34. The topological polar surface area (TPSA) is 204 Å². The molecule has 4 aromatic rings. The highest BCUT2D eigenvalue weighted by Gasteiger charge is 2.45. The SMILES string of the molecule is COC(=O)[C@H](CCC(=O)C(=O)NCCn1cncn1)NC(=O)c1ccc(Nc2nc(NC3(c4ccc(Cl)cc4)CC3)nc(OCC(F)(F)F)n2)cc1. The van der Waals surface area contributed by atoms with Crippen molar-refractivity contribution in [1.82, 2.24) is 40.3 Å². The Morgan fingerprint density at radius 3 is 2.35 bits per heavy atom. The second kappa shape index (κ2) is 16.4. The Morgan fingerprint density at radius 2 is 1.71 bits per heavy atom. The van der Waals surface area contributed by atoms with E-state index < -0.39 is 53.9 Å². The average Bonchev–Trinajstić information content (AvgIpc) is 3.70. The molecule has 274 valence electrons. The van der Waals surface area contributed by atoms with Crippen molar-refractivity contribution in [3.63, 3.8) is 0 Å². The van der Waals surface area contributed by atoms with Crippen LogP contribution in [0.2, 0.25) is 5.02 Å². The first-order valence-corrected chi connectivity index (χ1v) is 16.1. The average molecular weight is 745 g/mol. The highest BCUT2D eigenvalue weighted by atomic mass is 35.5. The van der Waals surface area contributed by atoms with Gasteiger partial charge in [-0.3, -0.25) is 19.1 Å². The molecule has 0 radical (unpaired) electrons. The molecule has 1 aliphatic carbocycles. The molecule has 2 aromatic carbocycles. The van der Waals surface area contributed by atoms with Crippen molar-refractivity contribution in [3.8, 4) is 6.01 Å². The van der Waals surface area contributed by atoms with E-state index in [9.17, 15) is 32.3 Å². The molecule has 5 rings (SSSR count). The minimum atomic E-state index is -4.64. The Morgan fingerprint density at radius 1 is 1.00 bits per heavy atom. The van der Waals surface area contributed by atoms with Crippen LogP contribution < -0.4 is 26.0 Å². The van der Waals surface area contributed by atoms with Gasteiger partial charge in [-0.15, -0.1) is 0 Å². The molecule has 1 saturated carbocycles. The van der Waals surface area contributed by atoms with Crippen molar-refractivity contribution in [2.45, 2.75) is 50.0 Å². The number of amides is 2. The summed E-state index contributed by atoms with van der Waals surface area (Å²) in [6.07, 6.45) is -0.996. The zero-order valence-electron chi connectivity index (χ0n) is 27.4. The van der Waals surface area contributed by atoms with Crippen molar-refractivity contribution in [3.05, 3.63) is 77.3 Å². The van der Waals surface area contributed by atoms with Crippen LogP contribution in [0, 0.1) is 0 Å². The van der Waals surface area contributed by atoms with E-state index >= 15 is 0 Å². The summed E-state index contributed by atoms with van der Waals surface area (Å²) >= 11 is 6.02. The Bertz CT molecular complexity index is 1880.